The van der Waals surface area contributed by atoms with Gasteiger partial charge in [-0.05, 0) is 66.3 Å². The van der Waals surface area contributed by atoms with E-state index in [0.29, 0.717) is 28.9 Å². The van der Waals surface area contributed by atoms with E-state index < -0.39 is 0 Å². The zero-order valence-electron chi connectivity index (χ0n) is 24.1. The first kappa shape index (κ1) is 29.0. The van der Waals surface area contributed by atoms with Crippen LogP contribution in [0, 0.1) is 0 Å². The third-order valence-corrected chi connectivity index (χ3v) is 7.37. The van der Waals surface area contributed by atoms with Gasteiger partial charge in [-0.25, -0.2) is 0 Å². The number of aromatic nitrogens is 3. The number of nitrogen functional groups attached to an aromatic ring is 1. The summed E-state index contributed by atoms with van der Waals surface area (Å²) in [4.78, 5) is 28.3. The molecule has 1 fully saturated rings. The molecule has 1 amide bonds. The van der Waals surface area contributed by atoms with Crippen molar-refractivity contribution in [2.75, 3.05) is 34.4 Å². The number of rotatable bonds is 7. The molecule has 2 heterocycles. The number of piperidine rings is 1. The molecule has 0 saturated carbocycles. The van der Waals surface area contributed by atoms with Crippen LogP contribution in [0.25, 0.3) is 11.4 Å². The van der Waals surface area contributed by atoms with Gasteiger partial charge in [0.1, 0.15) is 0 Å². The first-order chi connectivity index (χ1) is 20.1. The average molecular weight is 568 g/mol. The van der Waals surface area contributed by atoms with Crippen LogP contribution in [-0.2, 0) is 12.0 Å². The number of amides is 1. The van der Waals surface area contributed by atoms with Gasteiger partial charge >= 0.3 is 0 Å². The van der Waals surface area contributed by atoms with E-state index in [1.54, 1.807) is 30.3 Å². The minimum atomic E-state index is -0.351. The van der Waals surface area contributed by atoms with E-state index >= 15 is 0 Å². The molecular weight excluding hydrogens is 530 g/mol. The van der Waals surface area contributed by atoms with E-state index in [0.717, 1.165) is 36.3 Å². The maximum absolute atomic E-state index is 13.1. The number of hydrogen-bond acceptors (Lipinski definition) is 9. The van der Waals surface area contributed by atoms with Crippen molar-refractivity contribution in [3.05, 3.63) is 83.4 Å². The van der Waals surface area contributed by atoms with Crippen molar-refractivity contribution in [3.8, 4) is 11.4 Å². The molecule has 1 aromatic heterocycles. The van der Waals surface area contributed by atoms with Crippen LogP contribution in [0.3, 0.4) is 0 Å². The molecule has 1 aliphatic heterocycles. The fourth-order valence-electron chi connectivity index (χ4n) is 5.04. The third kappa shape index (κ3) is 6.67. The molecule has 1 atom stereocenters. The van der Waals surface area contributed by atoms with Gasteiger partial charge in [-0.1, -0.05) is 45.0 Å². The summed E-state index contributed by atoms with van der Waals surface area (Å²) in [5.41, 5.74) is 10.9. The number of anilines is 5. The van der Waals surface area contributed by atoms with E-state index in [9.17, 15) is 15.0 Å². The zero-order valence-corrected chi connectivity index (χ0v) is 24.1. The molecule has 5 rings (SSSR count). The highest BCUT2D eigenvalue weighted by Gasteiger charge is 2.19. The highest BCUT2D eigenvalue weighted by Crippen LogP contribution is 2.30. The van der Waals surface area contributed by atoms with E-state index in [4.69, 9.17) is 5.73 Å². The molecule has 1 aliphatic rings. The lowest BCUT2D eigenvalue weighted by molar-refractivity contribution is 0.102. The van der Waals surface area contributed by atoms with Gasteiger partial charge in [0.15, 0.2) is 5.82 Å². The van der Waals surface area contributed by atoms with E-state index in [2.05, 4.69) is 51.3 Å². The molecule has 0 radical (unpaired) electrons. The summed E-state index contributed by atoms with van der Waals surface area (Å²) in [7, 11) is 0. The number of aliphatic hydroxyl groups is 2. The summed E-state index contributed by atoms with van der Waals surface area (Å²) in [6.45, 7) is 7.54. The van der Waals surface area contributed by atoms with Crippen LogP contribution in [0.15, 0.2) is 66.7 Å². The number of nitrogens with zero attached hydrogens (tertiary/aromatic N) is 4. The summed E-state index contributed by atoms with van der Waals surface area (Å²) in [6.07, 6.45) is 1.48. The number of carbonyl (C=O) groups is 1. The molecule has 3 aromatic carbocycles. The standard InChI is InChI=1S/C32H37N7O3/c1-32(2,3)21-11-9-20(10-12-21)29(42)35-27-8-4-7-25(26(27)19-40)28-36-30(33)38-31(37-28)34-22-13-15-23(16-14-22)39-17-5-6-24(41)18-39/h4,7-16,24,40-41H,5-6,17-19H2,1-3H3,(H,35,42)(H3,33,34,36,37,38). The molecule has 0 aliphatic carbocycles. The molecule has 10 heteroatoms. The summed E-state index contributed by atoms with van der Waals surface area (Å²) in [5.74, 6) is 0.232. The fraction of sp³-hybridized carbons (Fsp3) is 0.312. The Labute approximate surface area is 245 Å². The lowest BCUT2D eigenvalue weighted by Gasteiger charge is -2.32. The summed E-state index contributed by atoms with van der Waals surface area (Å²) >= 11 is 0. The van der Waals surface area contributed by atoms with Crippen molar-refractivity contribution in [1.29, 1.82) is 0 Å². The number of β-amino-alcohol motifs (C(OH)–C–C–N with tert-alkyl or cyclic N) is 1. The Kier molecular flexibility index (Phi) is 8.37. The van der Waals surface area contributed by atoms with E-state index in [1.807, 2.05) is 36.4 Å². The Morgan fingerprint density at radius 1 is 1.02 bits per heavy atom. The smallest absolute Gasteiger partial charge is 0.255 e. The van der Waals surface area contributed by atoms with Gasteiger partial charge in [0, 0.05) is 46.8 Å². The average Bonchev–Trinajstić information content (AvgIpc) is 2.97. The monoisotopic (exact) mass is 567 g/mol. The quantitative estimate of drug-likeness (QED) is 0.211. The topological polar surface area (TPSA) is 150 Å². The van der Waals surface area contributed by atoms with Crippen molar-refractivity contribution in [2.45, 2.75) is 51.7 Å². The van der Waals surface area contributed by atoms with Crippen LogP contribution in [0.1, 0.15) is 55.1 Å². The minimum Gasteiger partial charge on any atom is -0.392 e. The molecule has 0 spiro atoms. The SMILES string of the molecule is CC(C)(C)c1ccc(C(=O)Nc2cccc(-c3nc(N)nc(Nc4ccc(N5CCCC(O)C5)cc4)n3)c2CO)cc1. The number of nitrogens with one attached hydrogen (secondary N) is 2. The lowest BCUT2D eigenvalue weighted by atomic mass is 9.86. The molecule has 0 bridgehead atoms. The van der Waals surface area contributed by atoms with Crippen molar-refractivity contribution in [3.63, 3.8) is 0 Å². The van der Waals surface area contributed by atoms with Crippen LogP contribution in [0.5, 0.6) is 0 Å². The third-order valence-electron chi connectivity index (χ3n) is 7.37. The van der Waals surface area contributed by atoms with Gasteiger partial charge in [0.2, 0.25) is 11.9 Å². The summed E-state index contributed by atoms with van der Waals surface area (Å²) < 4.78 is 0. The van der Waals surface area contributed by atoms with Crippen molar-refractivity contribution in [1.82, 2.24) is 15.0 Å². The predicted octanol–water partition coefficient (Wildman–Crippen LogP) is 4.87. The lowest BCUT2D eigenvalue weighted by Crippen LogP contribution is -2.38. The number of carbonyl (C=O) groups excluding carboxylic acids is 1. The Hall–Kier alpha value is -4.54. The maximum Gasteiger partial charge on any atom is 0.255 e. The number of benzene rings is 3. The Morgan fingerprint density at radius 2 is 1.76 bits per heavy atom. The normalized spacial score (nSPS) is 15.4. The number of hydrogen-bond donors (Lipinski definition) is 5. The first-order valence-electron chi connectivity index (χ1n) is 14.1. The second-order valence-corrected chi connectivity index (χ2v) is 11.5. The van der Waals surface area contributed by atoms with Crippen LogP contribution < -0.4 is 21.3 Å². The van der Waals surface area contributed by atoms with E-state index in [-0.39, 0.29) is 41.8 Å². The largest absolute Gasteiger partial charge is 0.392 e. The second-order valence-electron chi connectivity index (χ2n) is 11.5. The van der Waals surface area contributed by atoms with Gasteiger partial charge in [-0.3, -0.25) is 4.79 Å². The predicted molar refractivity (Wildman–Crippen MR) is 166 cm³/mol. The highest BCUT2D eigenvalue weighted by molar-refractivity contribution is 6.05. The van der Waals surface area contributed by atoms with Crippen molar-refractivity contribution >= 4 is 34.9 Å². The Morgan fingerprint density at radius 3 is 2.43 bits per heavy atom. The van der Waals surface area contributed by atoms with Crippen molar-refractivity contribution in [2.24, 2.45) is 0 Å². The summed E-state index contributed by atoms with van der Waals surface area (Å²) in [6, 6.07) is 20.5. The second kappa shape index (κ2) is 12.1. The van der Waals surface area contributed by atoms with Gasteiger partial charge in [-0.15, -0.1) is 0 Å². The fourth-order valence-corrected chi connectivity index (χ4v) is 5.04. The van der Waals surface area contributed by atoms with E-state index in [1.165, 1.54) is 0 Å². The van der Waals surface area contributed by atoms with Crippen LogP contribution in [0.2, 0.25) is 0 Å². The van der Waals surface area contributed by atoms with Gasteiger partial charge in [-0.2, -0.15) is 15.0 Å². The molecular formula is C32H37N7O3. The maximum atomic E-state index is 13.1. The molecule has 218 valence electrons. The molecule has 42 heavy (non-hydrogen) atoms. The molecule has 1 unspecified atom stereocenters. The number of nitrogens with two attached hydrogens (primary N) is 1. The Balaban J connectivity index is 1.35. The number of aliphatic hydroxyl groups excluding tert-OH is 2. The first-order valence-corrected chi connectivity index (χ1v) is 14.1. The van der Waals surface area contributed by atoms with Crippen molar-refractivity contribution < 1.29 is 15.0 Å². The molecule has 10 nitrogen and oxygen atoms in total. The van der Waals surface area contributed by atoms with Gasteiger partial charge in [0.25, 0.3) is 5.91 Å². The molecule has 1 saturated heterocycles. The van der Waals surface area contributed by atoms with Crippen LogP contribution in [0.4, 0.5) is 29.0 Å². The van der Waals surface area contributed by atoms with Crippen LogP contribution >= 0.6 is 0 Å². The Bertz CT molecular complexity index is 1550. The highest BCUT2D eigenvalue weighted by atomic mass is 16.3. The van der Waals surface area contributed by atoms with Gasteiger partial charge in [0.05, 0.1) is 12.7 Å². The van der Waals surface area contributed by atoms with Crippen LogP contribution in [-0.4, -0.2) is 50.3 Å². The minimum absolute atomic E-state index is 0.0127. The molecule has 6 N–H and O–H groups in total. The summed E-state index contributed by atoms with van der Waals surface area (Å²) in [5, 5.41) is 26.4. The zero-order chi connectivity index (χ0) is 29.9. The molecule has 4 aromatic rings. The van der Waals surface area contributed by atoms with Gasteiger partial charge < -0.3 is 31.5 Å².